The fourth-order valence-electron chi connectivity index (χ4n) is 2.97. The van der Waals surface area contributed by atoms with Crippen molar-refractivity contribution in [3.8, 4) is 34.2 Å². The van der Waals surface area contributed by atoms with E-state index in [0.717, 1.165) is 10.7 Å². The second-order valence-electron chi connectivity index (χ2n) is 6.75. The van der Waals surface area contributed by atoms with E-state index in [1.165, 1.54) is 36.4 Å². The fourth-order valence-corrected chi connectivity index (χ4v) is 3.52. The van der Waals surface area contributed by atoms with Gasteiger partial charge in [0.25, 0.3) is 11.1 Å². The number of aromatic nitrogens is 5. The topological polar surface area (TPSA) is 158 Å². The number of ether oxygens (including phenoxy) is 2. The molecule has 0 aliphatic carbocycles. The molecule has 2 aromatic heterocycles. The van der Waals surface area contributed by atoms with Crippen molar-refractivity contribution in [2.24, 2.45) is 0 Å². The van der Waals surface area contributed by atoms with Gasteiger partial charge in [0.15, 0.2) is 5.75 Å². The van der Waals surface area contributed by atoms with Gasteiger partial charge >= 0.3 is 12.3 Å². The Hall–Kier alpha value is -4.23. The van der Waals surface area contributed by atoms with Gasteiger partial charge in [-0.15, -0.1) is 10.2 Å². The van der Waals surface area contributed by atoms with E-state index in [1.807, 2.05) is 4.98 Å². The first-order chi connectivity index (χ1) is 16.6. The molecule has 0 spiro atoms. The van der Waals surface area contributed by atoms with Gasteiger partial charge in [0.05, 0.1) is 21.3 Å². The van der Waals surface area contributed by atoms with Crippen LogP contribution in [-0.2, 0) is 0 Å². The van der Waals surface area contributed by atoms with E-state index in [2.05, 4.69) is 20.0 Å². The van der Waals surface area contributed by atoms with Crippen LogP contribution in [0.4, 0.5) is 14.6 Å². The number of nitrogens with zero attached hydrogens (tertiary/aromatic N) is 3. The van der Waals surface area contributed by atoms with E-state index < -0.39 is 29.2 Å². The molecule has 180 valence electrons. The predicted molar refractivity (Wildman–Crippen MR) is 122 cm³/mol. The van der Waals surface area contributed by atoms with E-state index in [-0.39, 0.29) is 44.2 Å². The van der Waals surface area contributed by atoms with Gasteiger partial charge in [-0.3, -0.25) is 14.6 Å². The zero-order chi connectivity index (χ0) is 25.3. The van der Waals surface area contributed by atoms with E-state index in [9.17, 15) is 23.2 Å². The molecule has 4 N–H and O–H groups in total. The van der Waals surface area contributed by atoms with Crippen molar-refractivity contribution in [3.63, 3.8) is 0 Å². The van der Waals surface area contributed by atoms with E-state index >= 15 is 0 Å². The monoisotopic (exact) mass is 524 g/mol. The van der Waals surface area contributed by atoms with Crippen molar-refractivity contribution in [2.75, 3.05) is 5.73 Å². The number of anilines is 1. The van der Waals surface area contributed by atoms with Crippen molar-refractivity contribution >= 4 is 29.0 Å². The summed E-state index contributed by atoms with van der Waals surface area (Å²) in [5.74, 6) is -0.887. The van der Waals surface area contributed by atoms with Gasteiger partial charge in [0, 0.05) is 6.07 Å². The third-order valence-electron chi connectivity index (χ3n) is 4.42. The van der Waals surface area contributed by atoms with Crippen LogP contribution in [-0.4, -0.2) is 31.6 Å². The number of hydrogen-bond acceptors (Lipinski definition) is 8. The van der Waals surface area contributed by atoms with Crippen molar-refractivity contribution in [1.82, 2.24) is 25.0 Å². The highest BCUT2D eigenvalue weighted by Gasteiger charge is 2.18. The number of alkyl halides is 2. The molecule has 2 heterocycles. The minimum absolute atomic E-state index is 0.0619. The summed E-state index contributed by atoms with van der Waals surface area (Å²) in [6.07, 6.45) is 0. The molecule has 0 saturated carbocycles. The lowest BCUT2D eigenvalue weighted by atomic mass is 10.1. The highest BCUT2D eigenvalue weighted by atomic mass is 35.5. The molecule has 4 rings (SSSR count). The summed E-state index contributed by atoms with van der Waals surface area (Å²) in [6, 6.07) is 9.19. The molecule has 0 amide bonds. The number of benzene rings is 2. The van der Waals surface area contributed by atoms with Crippen LogP contribution in [0.2, 0.25) is 10.0 Å². The molecule has 35 heavy (non-hydrogen) atoms. The Kier molecular flexibility index (Phi) is 6.53. The Morgan fingerprint density at radius 3 is 2.46 bits per heavy atom. The van der Waals surface area contributed by atoms with Crippen LogP contribution in [0.15, 0.2) is 56.8 Å². The Morgan fingerprint density at radius 1 is 1.06 bits per heavy atom. The summed E-state index contributed by atoms with van der Waals surface area (Å²) in [6.45, 7) is -3.05. The van der Waals surface area contributed by atoms with Crippen molar-refractivity contribution in [3.05, 3.63) is 83.7 Å². The van der Waals surface area contributed by atoms with Crippen LogP contribution in [0.5, 0.6) is 17.4 Å². The lowest BCUT2D eigenvalue weighted by Gasteiger charge is -2.14. The zero-order valence-corrected chi connectivity index (χ0v) is 18.6. The number of nitrogen functional groups attached to an aromatic ring is 1. The Balaban J connectivity index is 1.76. The van der Waals surface area contributed by atoms with Gasteiger partial charge < -0.3 is 15.2 Å². The molecule has 0 saturated heterocycles. The third kappa shape index (κ3) is 5.15. The average Bonchev–Trinajstić information content (AvgIpc) is 2.79. The molecule has 0 radical (unpaired) electrons. The molecule has 11 nitrogen and oxygen atoms in total. The summed E-state index contributed by atoms with van der Waals surface area (Å²) in [5, 5.41) is 9.55. The normalized spacial score (nSPS) is 11.0. The molecular formula is C20H12Cl2F2N6O5. The summed E-state index contributed by atoms with van der Waals surface area (Å²) in [7, 11) is 0. The summed E-state index contributed by atoms with van der Waals surface area (Å²) >= 11 is 12.6. The van der Waals surface area contributed by atoms with Crippen LogP contribution < -0.4 is 32.0 Å². The second-order valence-corrected chi connectivity index (χ2v) is 7.57. The van der Waals surface area contributed by atoms with Gasteiger partial charge in [0.2, 0.25) is 11.7 Å². The highest BCUT2D eigenvalue weighted by molar-refractivity contribution is 6.37. The first-order valence-electron chi connectivity index (χ1n) is 9.43. The molecule has 0 unspecified atom stereocenters. The maximum absolute atomic E-state index is 12.6. The van der Waals surface area contributed by atoms with Crippen LogP contribution in [0.3, 0.4) is 0 Å². The quantitative estimate of drug-likeness (QED) is 0.347. The number of nitrogens with one attached hydrogen (secondary N) is 2. The lowest BCUT2D eigenvalue weighted by Crippen LogP contribution is -2.33. The van der Waals surface area contributed by atoms with Gasteiger partial charge in [-0.1, -0.05) is 35.3 Å². The highest BCUT2D eigenvalue weighted by Crippen LogP contribution is 2.40. The molecule has 0 atom stereocenters. The smallest absolute Gasteiger partial charge is 0.387 e. The minimum Gasteiger partial charge on any atom is -0.435 e. The first kappa shape index (κ1) is 23.9. The summed E-state index contributed by atoms with van der Waals surface area (Å²) in [5.41, 5.74) is 3.58. The van der Waals surface area contributed by atoms with Gasteiger partial charge in [-0.05, 0) is 29.8 Å². The predicted octanol–water partition coefficient (Wildman–Crippen LogP) is 2.95. The maximum Gasteiger partial charge on any atom is 0.387 e. The zero-order valence-electron chi connectivity index (χ0n) is 17.1. The van der Waals surface area contributed by atoms with Gasteiger partial charge in [-0.2, -0.15) is 13.5 Å². The Morgan fingerprint density at radius 2 is 1.77 bits per heavy atom. The van der Waals surface area contributed by atoms with Gasteiger partial charge in [-0.25, -0.2) is 9.89 Å². The molecule has 0 bridgehead atoms. The molecule has 15 heteroatoms. The summed E-state index contributed by atoms with van der Waals surface area (Å²) in [4.78, 5) is 37.4. The molecule has 0 fully saturated rings. The largest absolute Gasteiger partial charge is 0.435 e. The number of halogens is 4. The van der Waals surface area contributed by atoms with E-state index in [0.29, 0.717) is 0 Å². The number of hydrogen-bond donors (Lipinski definition) is 3. The molecule has 0 aliphatic heterocycles. The van der Waals surface area contributed by atoms with E-state index in [4.69, 9.17) is 33.7 Å². The number of H-pyrrole nitrogens is 2. The lowest BCUT2D eigenvalue weighted by molar-refractivity contribution is -0.0498. The van der Waals surface area contributed by atoms with E-state index in [1.54, 1.807) is 0 Å². The van der Waals surface area contributed by atoms with Crippen LogP contribution in [0.1, 0.15) is 0 Å². The number of rotatable bonds is 6. The van der Waals surface area contributed by atoms with Crippen LogP contribution in [0, 0.1) is 0 Å². The second kappa shape index (κ2) is 9.56. The maximum atomic E-state index is 12.6. The minimum atomic E-state index is -3.05. The Bertz CT molecular complexity index is 1580. The van der Waals surface area contributed by atoms with Crippen molar-refractivity contribution in [1.29, 1.82) is 0 Å². The number of nitrogens with two attached hydrogens (primary N) is 1. The van der Waals surface area contributed by atoms with Crippen molar-refractivity contribution < 1.29 is 18.3 Å². The average molecular weight is 525 g/mol. The molecule has 0 aliphatic rings. The van der Waals surface area contributed by atoms with Gasteiger partial charge in [0.1, 0.15) is 5.75 Å². The van der Waals surface area contributed by atoms with Crippen molar-refractivity contribution in [2.45, 2.75) is 6.61 Å². The Labute approximate surface area is 202 Å². The molecular weight excluding hydrogens is 513 g/mol. The number of aromatic amines is 2. The fraction of sp³-hybridized carbons (Fsp3) is 0.0500. The summed E-state index contributed by atoms with van der Waals surface area (Å²) < 4.78 is 36.1. The molecule has 4 aromatic rings. The first-order valence-corrected chi connectivity index (χ1v) is 10.2. The SMILES string of the molecule is Nc1nn(-c2cc(Cl)c(Oc3n[nH]c(=O)cc3-c3cccc(OC(F)F)c3)c(Cl)c2)c(=O)[nH]c1=O. The third-order valence-corrected chi connectivity index (χ3v) is 4.98. The van der Waals surface area contributed by atoms with Crippen LogP contribution >= 0.6 is 23.2 Å². The standard InChI is InChI=1S/C20H12Cl2F2N6O5/c21-12-5-9(30-20(33)26-17(32)16(25)29-30)6-13(22)15(12)35-18-11(7-14(31)27-28-18)8-2-1-3-10(4-8)34-19(23)24/h1-7,19H,(H2,25,29)(H,27,31)(H,26,32,33). The molecule has 2 aromatic carbocycles. The van der Waals surface area contributed by atoms with Crippen LogP contribution in [0.25, 0.3) is 16.8 Å².